The van der Waals surface area contributed by atoms with Gasteiger partial charge >= 0.3 is 0 Å². The lowest BCUT2D eigenvalue weighted by molar-refractivity contribution is 0.0608. The summed E-state index contributed by atoms with van der Waals surface area (Å²) >= 11 is -2.17. The van der Waals surface area contributed by atoms with E-state index in [1.807, 2.05) is 6.92 Å². The summed E-state index contributed by atoms with van der Waals surface area (Å²) in [7, 11) is 0. The van der Waals surface area contributed by atoms with Crippen molar-refractivity contribution in [2.75, 3.05) is 6.54 Å². The molecule has 1 aliphatic heterocycles. The van der Waals surface area contributed by atoms with Gasteiger partial charge in [0.1, 0.15) is 0 Å². The Morgan fingerprint density at radius 2 is 1.77 bits per heavy atom. The fourth-order valence-electron chi connectivity index (χ4n) is 2.79. The first-order valence-electron chi connectivity index (χ1n) is 7.09. The predicted octanol–water partition coefficient (Wildman–Crippen LogP) is 2.82. The minimum absolute atomic E-state index is 0.211. The van der Waals surface area contributed by atoms with Gasteiger partial charge in [0.25, 0.3) is 11.8 Å². The molecule has 0 spiro atoms. The number of benzene rings is 2. The SMILES string of the molecule is CCCCN1C(=O)c2cccc3c(S(=O)O)ccc(c23)C1=O. The molecule has 0 bridgehead atoms. The van der Waals surface area contributed by atoms with Crippen molar-refractivity contribution in [3.05, 3.63) is 41.5 Å². The third-order valence-corrected chi connectivity index (χ3v) is 4.61. The number of unbranched alkanes of at least 4 members (excludes halogenated alkanes) is 1. The molecular weight excluding hydrogens is 302 g/mol. The second-order valence-corrected chi connectivity index (χ2v) is 6.14. The molecule has 1 heterocycles. The first-order valence-corrected chi connectivity index (χ1v) is 8.19. The van der Waals surface area contributed by atoms with Crippen molar-refractivity contribution < 1.29 is 18.4 Å². The van der Waals surface area contributed by atoms with Crippen LogP contribution in [0.2, 0.25) is 0 Å². The molecule has 6 heteroatoms. The van der Waals surface area contributed by atoms with Crippen LogP contribution in [0.1, 0.15) is 40.5 Å². The van der Waals surface area contributed by atoms with E-state index in [0.29, 0.717) is 28.4 Å². The zero-order chi connectivity index (χ0) is 15.9. The van der Waals surface area contributed by atoms with E-state index in [1.54, 1.807) is 18.2 Å². The van der Waals surface area contributed by atoms with E-state index in [4.69, 9.17) is 0 Å². The van der Waals surface area contributed by atoms with Crippen LogP contribution in [0.4, 0.5) is 0 Å². The molecule has 22 heavy (non-hydrogen) atoms. The van der Waals surface area contributed by atoms with Crippen molar-refractivity contribution in [1.82, 2.24) is 4.90 Å². The van der Waals surface area contributed by atoms with Crippen LogP contribution >= 0.6 is 0 Å². The maximum absolute atomic E-state index is 12.6. The summed E-state index contributed by atoms with van der Waals surface area (Å²) in [5.41, 5.74) is 0.825. The molecule has 0 saturated heterocycles. The summed E-state index contributed by atoms with van der Waals surface area (Å²) in [6.45, 7) is 2.38. The monoisotopic (exact) mass is 317 g/mol. The zero-order valence-corrected chi connectivity index (χ0v) is 12.9. The van der Waals surface area contributed by atoms with E-state index < -0.39 is 11.1 Å². The molecule has 5 nitrogen and oxygen atoms in total. The highest BCUT2D eigenvalue weighted by Crippen LogP contribution is 2.33. The molecule has 0 radical (unpaired) electrons. The number of imide groups is 1. The van der Waals surface area contributed by atoms with Gasteiger partial charge in [-0.25, -0.2) is 4.21 Å². The highest BCUT2D eigenvalue weighted by molar-refractivity contribution is 7.79. The van der Waals surface area contributed by atoms with E-state index in [9.17, 15) is 18.4 Å². The molecule has 1 aliphatic rings. The molecule has 3 rings (SSSR count). The first-order chi connectivity index (χ1) is 10.6. The number of amides is 2. The van der Waals surface area contributed by atoms with Gasteiger partial charge < -0.3 is 4.55 Å². The van der Waals surface area contributed by atoms with Crippen LogP contribution in [0.25, 0.3) is 10.8 Å². The Hall–Kier alpha value is -2.05. The van der Waals surface area contributed by atoms with Crippen molar-refractivity contribution in [2.24, 2.45) is 0 Å². The third kappa shape index (κ3) is 2.15. The van der Waals surface area contributed by atoms with Crippen LogP contribution in [-0.4, -0.2) is 32.0 Å². The summed E-state index contributed by atoms with van der Waals surface area (Å²) in [5, 5.41) is 0.956. The minimum atomic E-state index is -2.17. The summed E-state index contributed by atoms with van der Waals surface area (Å²) in [4.78, 5) is 26.6. The Morgan fingerprint density at radius 3 is 2.41 bits per heavy atom. The van der Waals surface area contributed by atoms with Gasteiger partial charge in [0.2, 0.25) is 0 Å². The van der Waals surface area contributed by atoms with E-state index in [2.05, 4.69) is 0 Å². The minimum Gasteiger partial charge on any atom is -0.302 e. The zero-order valence-electron chi connectivity index (χ0n) is 12.0. The Kier molecular flexibility index (Phi) is 3.80. The van der Waals surface area contributed by atoms with Crippen molar-refractivity contribution in [3.63, 3.8) is 0 Å². The molecular formula is C16H15NO4S. The third-order valence-electron chi connectivity index (χ3n) is 3.88. The van der Waals surface area contributed by atoms with Gasteiger partial charge in [0.05, 0.1) is 4.90 Å². The predicted molar refractivity (Wildman–Crippen MR) is 83.3 cm³/mol. The van der Waals surface area contributed by atoms with Crippen molar-refractivity contribution >= 4 is 33.7 Å². The highest BCUT2D eigenvalue weighted by atomic mass is 32.2. The normalized spacial score (nSPS) is 15.5. The lowest BCUT2D eigenvalue weighted by Crippen LogP contribution is -2.40. The number of hydrogen-bond donors (Lipinski definition) is 1. The number of nitrogens with zero attached hydrogens (tertiary/aromatic N) is 1. The maximum atomic E-state index is 12.6. The summed E-state index contributed by atoms with van der Waals surface area (Å²) in [6, 6.07) is 7.99. The molecule has 1 unspecified atom stereocenters. The summed E-state index contributed by atoms with van der Waals surface area (Å²) in [6.07, 6.45) is 1.64. The molecule has 2 aromatic rings. The molecule has 0 fully saturated rings. The van der Waals surface area contributed by atoms with Gasteiger partial charge in [0, 0.05) is 28.4 Å². The first kappa shape index (κ1) is 14.9. The Labute approximate surface area is 130 Å². The molecule has 114 valence electrons. The fourth-order valence-corrected chi connectivity index (χ4v) is 3.33. The van der Waals surface area contributed by atoms with Crippen LogP contribution in [0.15, 0.2) is 35.2 Å². The van der Waals surface area contributed by atoms with Gasteiger partial charge in [-0.3, -0.25) is 14.5 Å². The molecule has 1 N–H and O–H groups in total. The van der Waals surface area contributed by atoms with Crippen molar-refractivity contribution in [2.45, 2.75) is 24.7 Å². The van der Waals surface area contributed by atoms with Gasteiger partial charge in [-0.2, -0.15) is 0 Å². The molecule has 0 aliphatic carbocycles. The summed E-state index contributed by atoms with van der Waals surface area (Å²) in [5.74, 6) is -0.671. The van der Waals surface area contributed by atoms with E-state index in [1.165, 1.54) is 17.0 Å². The van der Waals surface area contributed by atoms with Gasteiger partial charge in [0.15, 0.2) is 11.1 Å². The van der Waals surface area contributed by atoms with Gasteiger partial charge in [-0.05, 0) is 24.6 Å². The van der Waals surface area contributed by atoms with E-state index in [0.717, 1.165) is 12.8 Å². The molecule has 0 aromatic heterocycles. The number of rotatable bonds is 4. The standard InChI is InChI=1S/C16H15NO4S/c1-2-3-9-17-15(18)11-6-4-5-10-13(22(20)21)8-7-12(14(10)11)16(17)19/h4-8H,2-3,9H2,1H3,(H,20,21). The average molecular weight is 317 g/mol. The van der Waals surface area contributed by atoms with Crippen LogP contribution < -0.4 is 0 Å². The lowest BCUT2D eigenvalue weighted by atomic mass is 9.94. The van der Waals surface area contributed by atoms with E-state index >= 15 is 0 Å². The quantitative estimate of drug-likeness (QED) is 0.695. The molecule has 1 atom stereocenters. The summed E-state index contributed by atoms with van der Waals surface area (Å²) < 4.78 is 20.8. The van der Waals surface area contributed by atoms with Crippen LogP contribution in [0.3, 0.4) is 0 Å². The Bertz CT molecular complexity index is 793. The largest absolute Gasteiger partial charge is 0.302 e. The number of hydrogen-bond acceptors (Lipinski definition) is 3. The van der Waals surface area contributed by atoms with Gasteiger partial charge in [-0.15, -0.1) is 0 Å². The lowest BCUT2D eigenvalue weighted by Gasteiger charge is -2.27. The number of carbonyl (C=O) groups is 2. The molecule has 2 aromatic carbocycles. The van der Waals surface area contributed by atoms with Crippen LogP contribution in [0.5, 0.6) is 0 Å². The fraction of sp³-hybridized carbons (Fsp3) is 0.250. The molecule has 2 amide bonds. The second-order valence-electron chi connectivity index (χ2n) is 5.20. The van der Waals surface area contributed by atoms with Crippen molar-refractivity contribution in [1.29, 1.82) is 0 Å². The van der Waals surface area contributed by atoms with E-state index in [-0.39, 0.29) is 16.7 Å². The maximum Gasteiger partial charge on any atom is 0.261 e. The van der Waals surface area contributed by atoms with Crippen molar-refractivity contribution in [3.8, 4) is 0 Å². The Balaban J connectivity index is 2.25. The topological polar surface area (TPSA) is 74.7 Å². The smallest absolute Gasteiger partial charge is 0.261 e. The van der Waals surface area contributed by atoms with Crippen LogP contribution in [0, 0.1) is 0 Å². The van der Waals surface area contributed by atoms with Gasteiger partial charge in [-0.1, -0.05) is 25.5 Å². The average Bonchev–Trinajstić information content (AvgIpc) is 2.51. The molecule has 0 saturated carbocycles. The Morgan fingerprint density at radius 1 is 1.09 bits per heavy atom. The number of carbonyl (C=O) groups excluding carboxylic acids is 2. The second kappa shape index (κ2) is 5.62. The van der Waals surface area contributed by atoms with Crippen LogP contribution in [-0.2, 0) is 11.1 Å². The highest BCUT2D eigenvalue weighted by Gasteiger charge is 2.33.